The average Bonchev–Trinajstić information content (AvgIpc) is 3.81. The number of hydrogen-bond donors (Lipinski definition) is 2. The normalized spacial score (nSPS) is 17.3. The third-order valence-corrected chi connectivity index (χ3v) is 14.7. The molecule has 1 aliphatic heterocycles. The van der Waals surface area contributed by atoms with Crippen molar-refractivity contribution in [1.82, 2.24) is 19.8 Å². The van der Waals surface area contributed by atoms with E-state index in [2.05, 4.69) is 239 Å². The van der Waals surface area contributed by atoms with Gasteiger partial charge >= 0.3 is 0 Å². The molecular formula is C63H47N5. The Balaban J connectivity index is 0.962. The highest BCUT2D eigenvalue weighted by Crippen LogP contribution is 2.46. The highest BCUT2D eigenvalue weighted by atomic mass is 15.3. The predicted octanol–water partition coefficient (Wildman–Crippen LogP) is 15.3. The van der Waals surface area contributed by atoms with Gasteiger partial charge in [-0.2, -0.15) is 0 Å². The Bertz CT molecular complexity index is 4080. The minimum absolute atomic E-state index is 0.227. The lowest BCUT2D eigenvalue weighted by Crippen LogP contribution is -2.45. The maximum Gasteiger partial charge on any atom is 0.131 e. The molecule has 68 heavy (non-hydrogen) atoms. The van der Waals surface area contributed by atoms with E-state index < -0.39 is 0 Å². The van der Waals surface area contributed by atoms with Crippen molar-refractivity contribution >= 4 is 87.7 Å². The van der Waals surface area contributed by atoms with E-state index >= 15 is 0 Å². The number of hydrogen-bond acceptors (Lipinski definition) is 3. The van der Waals surface area contributed by atoms with Gasteiger partial charge in [0.1, 0.15) is 18.2 Å². The molecule has 0 saturated heterocycles. The molecule has 1 aliphatic carbocycles. The summed E-state index contributed by atoms with van der Waals surface area (Å²) in [6.45, 7) is 2.39. The van der Waals surface area contributed by atoms with Crippen LogP contribution in [0.3, 0.4) is 0 Å². The molecule has 2 aromatic heterocycles. The molecule has 3 heterocycles. The number of rotatable bonds is 5. The van der Waals surface area contributed by atoms with Gasteiger partial charge < -0.3 is 14.5 Å². The highest BCUT2D eigenvalue weighted by molar-refractivity contribution is 6.21. The second kappa shape index (κ2) is 15.4. The van der Waals surface area contributed by atoms with Crippen LogP contribution < -0.4 is 10.6 Å². The largest absolute Gasteiger partial charge is 0.350 e. The molecule has 10 aromatic carbocycles. The van der Waals surface area contributed by atoms with Crippen molar-refractivity contribution in [1.29, 1.82) is 0 Å². The van der Waals surface area contributed by atoms with E-state index in [9.17, 15) is 0 Å². The lowest BCUT2D eigenvalue weighted by molar-refractivity contribution is 0.409. The molecule has 5 heteroatoms. The van der Waals surface area contributed by atoms with Crippen molar-refractivity contribution in [3.8, 4) is 11.4 Å². The smallest absolute Gasteiger partial charge is 0.131 e. The van der Waals surface area contributed by atoms with Gasteiger partial charge in [0, 0.05) is 38.5 Å². The number of benzene rings is 10. The van der Waals surface area contributed by atoms with E-state index in [1.165, 1.54) is 92.7 Å². The first-order valence-corrected chi connectivity index (χ1v) is 24.0. The van der Waals surface area contributed by atoms with Gasteiger partial charge in [-0.3, -0.25) is 5.32 Å². The van der Waals surface area contributed by atoms with Crippen LogP contribution >= 0.6 is 0 Å². The van der Waals surface area contributed by atoms with Crippen LogP contribution in [0.4, 0.5) is 0 Å². The first-order chi connectivity index (χ1) is 33.6. The topological polar surface area (TPSA) is 46.3 Å². The number of allylic oxidation sites excluding steroid dienone is 1. The van der Waals surface area contributed by atoms with Crippen molar-refractivity contribution in [3.05, 3.63) is 234 Å². The van der Waals surface area contributed by atoms with Gasteiger partial charge in [-0.05, 0) is 116 Å². The third-order valence-electron chi connectivity index (χ3n) is 14.7. The highest BCUT2D eigenvalue weighted by Gasteiger charge is 2.29. The van der Waals surface area contributed by atoms with Crippen LogP contribution in [0.5, 0.6) is 0 Å². The molecule has 2 N–H and O–H groups in total. The molecule has 0 bridgehead atoms. The SMILES string of the molecule is CC1CC=Cc2c(c3c4ccccc4ccc3n2-c2c3ccccc3cc3c2c2ccccc2n3-c2cccc(C3NC(c4ccccc4)=NC(c4ccc5c(ccc6ccccc65)c4)N3)c2)C1. The summed E-state index contributed by atoms with van der Waals surface area (Å²) in [6, 6.07) is 73.4. The Kier molecular flexibility index (Phi) is 8.83. The fraction of sp³-hybridized carbons (Fsp3) is 0.0952. The van der Waals surface area contributed by atoms with E-state index in [0.717, 1.165) is 41.1 Å². The maximum atomic E-state index is 5.35. The molecule has 0 radical (unpaired) electrons. The lowest BCUT2D eigenvalue weighted by Gasteiger charge is -2.32. The van der Waals surface area contributed by atoms with E-state index in [-0.39, 0.29) is 12.3 Å². The average molecular weight is 874 g/mol. The number of amidine groups is 1. The maximum absolute atomic E-state index is 5.35. The van der Waals surface area contributed by atoms with Crippen molar-refractivity contribution in [2.24, 2.45) is 10.9 Å². The van der Waals surface area contributed by atoms with Crippen LogP contribution in [0.2, 0.25) is 0 Å². The van der Waals surface area contributed by atoms with Crippen LogP contribution in [0.1, 0.15) is 53.6 Å². The van der Waals surface area contributed by atoms with Gasteiger partial charge in [0.2, 0.25) is 0 Å². The van der Waals surface area contributed by atoms with Crippen molar-refractivity contribution in [2.75, 3.05) is 0 Å². The summed E-state index contributed by atoms with van der Waals surface area (Å²) in [7, 11) is 0. The van der Waals surface area contributed by atoms with Crippen molar-refractivity contribution in [2.45, 2.75) is 32.1 Å². The lowest BCUT2D eigenvalue weighted by atomic mass is 9.96. The molecule has 324 valence electrons. The minimum Gasteiger partial charge on any atom is -0.350 e. The predicted molar refractivity (Wildman–Crippen MR) is 285 cm³/mol. The zero-order chi connectivity index (χ0) is 44.9. The first kappa shape index (κ1) is 39.0. The number of para-hydroxylation sites is 1. The zero-order valence-electron chi connectivity index (χ0n) is 37.7. The summed E-state index contributed by atoms with van der Waals surface area (Å²) >= 11 is 0. The molecular weight excluding hydrogens is 827 g/mol. The summed E-state index contributed by atoms with van der Waals surface area (Å²) < 4.78 is 5.10. The second-order valence-corrected chi connectivity index (χ2v) is 18.9. The van der Waals surface area contributed by atoms with E-state index in [0.29, 0.717) is 5.92 Å². The number of aliphatic imine (C=N–C) groups is 1. The van der Waals surface area contributed by atoms with Crippen molar-refractivity contribution < 1.29 is 0 Å². The zero-order valence-corrected chi connectivity index (χ0v) is 37.7. The van der Waals surface area contributed by atoms with Crippen molar-refractivity contribution in [3.63, 3.8) is 0 Å². The van der Waals surface area contributed by atoms with Gasteiger partial charge in [0.05, 0.1) is 22.2 Å². The van der Waals surface area contributed by atoms with Gasteiger partial charge in [0.25, 0.3) is 0 Å². The van der Waals surface area contributed by atoms with Crippen LogP contribution in [0.15, 0.2) is 211 Å². The summed E-state index contributed by atoms with van der Waals surface area (Å²) in [6.07, 6.45) is 6.40. The Labute approximate surface area is 394 Å². The van der Waals surface area contributed by atoms with Crippen LogP contribution in [0.25, 0.3) is 93.2 Å². The number of fused-ring (bicyclic) bond motifs is 12. The van der Waals surface area contributed by atoms with E-state index in [4.69, 9.17) is 4.99 Å². The molecule has 3 unspecified atom stereocenters. The fourth-order valence-corrected chi connectivity index (χ4v) is 11.6. The molecule has 3 atom stereocenters. The van der Waals surface area contributed by atoms with Crippen LogP contribution in [-0.4, -0.2) is 15.0 Å². The van der Waals surface area contributed by atoms with Gasteiger partial charge in [0.15, 0.2) is 0 Å². The molecule has 5 nitrogen and oxygen atoms in total. The van der Waals surface area contributed by atoms with Gasteiger partial charge in [-0.1, -0.05) is 177 Å². The number of nitrogens with one attached hydrogen (secondary N) is 2. The summed E-state index contributed by atoms with van der Waals surface area (Å²) in [4.78, 5) is 5.35. The quantitative estimate of drug-likeness (QED) is 0.169. The molecule has 2 aliphatic rings. The Morgan fingerprint density at radius 2 is 1.19 bits per heavy atom. The molecule has 0 fully saturated rings. The third kappa shape index (κ3) is 6.09. The number of aromatic nitrogens is 2. The first-order valence-electron chi connectivity index (χ1n) is 24.0. The molecule has 0 saturated carbocycles. The van der Waals surface area contributed by atoms with Gasteiger partial charge in [-0.15, -0.1) is 0 Å². The van der Waals surface area contributed by atoms with Gasteiger partial charge in [-0.25, -0.2) is 4.99 Å². The summed E-state index contributed by atoms with van der Waals surface area (Å²) in [5.74, 6) is 1.41. The molecule has 12 aromatic rings. The minimum atomic E-state index is -0.279. The van der Waals surface area contributed by atoms with E-state index in [1.54, 1.807) is 0 Å². The number of nitrogens with zero attached hydrogens (tertiary/aromatic N) is 3. The Morgan fingerprint density at radius 3 is 2.06 bits per heavy atom. The standard InChI is InChI=1S/C63H47N5/c1-39-15-13-28-55-53(35-39)58-50-24-9-6-17-41(50)32-34-56(58)68(55)60-51-25-10-7-20-43(51)38-57-59(60)52-26-11-12-27-54(52)67(57)47-22-14-21-45(37-47)62-64-61(42-18-3-2-4-19-42)65-63(66-62)46-31-33-49-44(36-46)30-29-40-16-5-8-23-48(40)49/h2-14,16-34,36-39,62-63,66H,15,35H2,1H3,(H,64,65). The Morgan fingerprint density at radius 1 is 0.500 bits per heavy atom. The summed E-state index contributed by atoms with van der Waals surface area (Å²) in [5, 5.41) is 21.6. The molecule has 14 rings (SSSR count). The molecule has 0 amide bonds. The Hall–Kier alpha value is -8.25. The fourth-order valence-electron chi connectivity index (χ4n) is 11.6. The van der Waals surface area contributed by atoms with Crippen LogP contribution in [-0.2, 0) is 6.42 Å². The second-order valence-electron chi connectivity index (χ2n) is 18.9. The monoisotopic (exact) mass is 873 g/mol. The summed E-state index contributed by atoms with van der Waals surface area (Å²) in [5.41, 5.74) is 12.0. The molecule has 0 spiro atoms. The van der Waals surface area contributed by atoms with E-state index in [1.807, 2.05) is 0 Å². The van der Waals surface area contributed by atoms with Crippen LogP contribution in [0, 0.1) is 5.92 Å².